The number of ether oxygens (including phenoxy) is 1. The minimum atomic E-state index is -0.0324. The summed E-state index contributed by atoms with van der Waals surface area (Å²) in [6.07, 6.45) is 4.67. The molecule has 4 rings (SSSR count). The molecule has 1 fully saturated rings. The summed E-state index contributed by atoms with van der Waals surface area (Å²) in [6, 6.07) is 18.5. The number of aryl methyl sites for hydroxylation is 1. The monoisotopic (exact) mass is 435 g/mol. The molecule has 6 heteroatoms. The molecule has 2 atom stereocenters. The summed E-state index contributed by atoms with van der Waals surface area (Å²) in [6.45, 7) is 4.61. The van der Waals surface area contributed by atoms with E-state index in [0.717, 1.165) is 42.4 Å². The predicted octanol–water partition coefficient (Wildman–Crippen LogP) is 5.63. The molecule has 0 aliphatic heterocycles. The van der Waals surface area contributed by atoms with Crippen molar-refractivity contribution in [2.75, 3.05) is 0 Å². The van der Waals surface area contributed by atoms with Crippen molar-refractivity contribution in [1.29, 1.82) is 0 Å². The van der Waals surface area contributed by atoms with E-state index >= 15 is 0 Å². The van der Waals surface area contributed by atoms with E-state index in [2.05, 4.69) is 52.9 Å². The Balaban J connectivity index is 1.59. The van der Waals surface area contributed by atoms with Crippen LogP contribution in [0.2, 0.25) is 0 Å². The fourth-order valence-corrected chi connectivity index (χ4v) is 5.18. The quantitative estimate of drug-likeness (QED) is 0.459. The normalized spacial score (nSPS) is 17.5. The van der Waals surface area contributed by atoms with E-state index in [1.807, 2.05) is 30.3 Å². The van der Waals surface area contributed by atoms with Crippen molar-refractivity contribution in [1.82, 2.24) is 14.8 Å². The molecule has 1 saturated carbocycles. The van der Waals surface area contributed by atoms with E-state index in [1.165, 1.54) is 11.1 Å². The maximum atomic E-state index is 12.4. The smallest absolute Gasteiger partial charge is 0.192 e. The molecule has 1 aliphatic carbocycles. The number of thioether (sulfide) groups is 1. The molecule has 0 radical (unpaired) electrons. The molecule has 0 spiro atoms. The fraction of sp³-hybridized carbons (Fsp3) is 0.400. The molecular weight excluding hydrogens is 406 g/mol. The zero-order valence-corrected chi connectivity index (χ0v) is 19.0. The summed E-state index contributed by atoms with van der Waals surface area (Å²) in [7, 11) is 0. The van der Waals surface area contributed by atoms with Gasteiger partial charge in [-0.2, -0.15) is 0 Å². The standard InChI is InChI=1S/C25H29N3O2S/c1-3-19-13-15-21(16-14-19)30-17-24-26-27-25(31-23-12-8-7-11-22(23)29)28(24)18(2)20-9-5-4-6-10-20/h4-6,9-10,13-16,18,23H,3,7-8,11-12,17H2,1-2H3/t18-,23-/m1/s1. The summed E-state index contributed by atoms with van der Waals surface area (Å²) in [5.41, 5.74) is 2.46. The van der Waals surface area contributed by atoms with Gasteiger partial charge >= 0.3 is 0 Å². The van der Waals surface area contributed by atoms with Crippen molar-refractivity contribution >= 4 is 17.5 Å². The SMILES string of the molecule is CCc1ccc(OCc2nnc(S[C@@H]3CCCCC3=O)n2[C@H](C)c2ccccc2)cc1. The Morgan fingerprint density at radius 3 is 2.58 bits per heavy atom. The van der Waals surface area contributed by atoms with Gasteiger partial charge in [-0.05, 0) is 49.4 Å². The van der Waals surface area contributed by atoms with Crippen molar-refractivity contribution in [3.05, 3.63) is 71.5 Å². The molecule has 2 aromatic carbocycles. The second-order valence-electron chi connectivity index (χ2n) is 7.96. The Kier molecular flexibility index (Phi) is 7.07. The van der Waals surface area contributed by atoms with Gasteiger partial charge in [-0.15, -0.1) is 10.2 Å². The number of rotatable bonds is 8. The highest BCUT2D eigenvalue weighted by Gasteiger charge is 2.28. The Morgan fingerprint density at radius 1 is 1.10 bits per heavy atom. The largest absolute Gasteiger partial charge is 0.486 e. The van der Waals surface area contributed by atoms with Crippen LogP contribution >= 0.6 is 11.8 Å². The van der Waals surface area contributed by atoms with Gasteiger partial charge in [0.2, 0.25) is 0 Å². The molecule has 3 aromatic rings. The zero-order valence-electron chi connectivity index (χ0n) is 18.2. The molecule has 162 valence electrons. The average Bonchev–Trinajstić information content (AvgIpc) is 3.22. The lowest BCUT2D eigenvalue weighted by Crippen LogP contribution is -2.22. The van der Waals surface area contributed by atoms with Crippen molar-refractivity contribution in [3.8, 4) is 5.75 Å². The van der Waals surface area contributed by atoms with Gasteiger partial charge in [-0.3, -0.25) is 9.36 Å². The molecule has 1 aromatic heterocycles. The Hall–Kier alpha value is -2.60. The van der Waals surface area contributed by atoms with Gasteiger partial charge in [0.15, 0.2) is 11.0 Å². The molecule has 0 amide bonds. The first kappa shape index (κ1) is 21.6. The molecule has 0 saturated heterocycles. The van der Waals surface area contributed by atoms with Gasteiger partial charge in [0.05, 0.1) is 11.3 Å². The van der Waals surface area contributed by atoms with Crippen LogP contribution in [-0.2, 0) is 17.8 Å². The third-order valence-electron chi connectivity index (χ3n) is 5.85. The van der Waals surface area contributed by atoms with E-state index in [9.17, 15) is 4.79 Å². The van der Waals surface area contributed by atoms with Crippen molar-refractivity contribution in [2.24, 2.45) is 0 Å². The number of ketones is 1. The third-order valence-corrected chi connectivity index (χ3v) is 7.12. The van der Waals surface area contributed by atoms with Gasteiger partial charge in [0, 0.05) is 6.42 Å². The lowest BCUT2D eigenvalue weighted by molar-refractivity contribution is -0.119. The van der Waals surface area contributed by atoms with E-state index < -0.39 is 0 Å². The first-order valence-electron chi connectivity index (χ1n) is 11.1. The second kappa shape index (κ2) is 10.1. The Labute approximate surface area is 188 Å². The van der Waals surface area contributed by atoms with Crippen LogP contribution in [0.3, 0.4) is 0 Å². The maximum Gasteiger partial charge on any atom is 0.192 e. The lowest BCUT2D eigenvalue weighted by Gasteiger charge is -2.22. The molecule has 0 unspecified atom stereocenters. The molecule has 1 heterocycles. The van der Waals surface area contributed by atoms with Crippen LogP contribution in [0, 0.1) is 0 Å². The molecule has 0 N–H and O–H groups in total. The number of Topliss-reactive ketones (excluding diaryl/α,β-unsaturated/α-hetero) is 1. The molecule has 0 bridgehead atoms. The van der Waals surface area contributed by atoms with Crippen molar-refractivity contribution < 1.29 is 9.53 Å². The van der Waals surface area contributed by atoms with Crippen LogP contribution < -0.4 is 4.74 Å². The van der Waals surface area contributed by atoms with Gasteiger partial charge < -0.3 is 4.74 Å². The first-order valence-corrected chi connectivity index (χ1v) is 11.9. The van der Waals surface area contributed by atoms with Gasteiger partial charge in [0.25, 0.3) is 0 Å². The van der Waals surface area contributed by atoms with Crippen LogP contribution in [0.4, 0.5) is 0 Å². The van der Waals surface area contributed by atoms with Gasteiger partial charge in [0.1, 0.15) is 18.1 Å². The van der Waals surface area contributed by atoms with Gasteiger partial charge in [-0.1, -0.05) is 67.6 Å². The van der Waals surface area contributed by atoms with Crippen molar-refractivity contribution in [2.45, 2.75) is 69.0 Å². The summed E-state index contributed by atoms with van der Waals surface area (Å²) < 4.78 is 8.17. The lowest BCUT2D eigenvalue weighted by atomic mass is 9.99. The maximum absolute atomic E-state index is 12.4. The fourth-order valence-electron chi connectivity index (χ4n) is 3.93. The van der Waals surface area contributed by atoms with Crippen LogP contribution in [0.25, 0.3) is 0 Å². The topological polar surface area (TPSA) is 57.0 Å². The Morgan fingerprint density at radius 2 is 1.87 bits per heavy atom. The summed E-state index contributed by atoms with van der Waals surface area (Å²) in [4.78, 5) is 12.4. The van der Waals surface area contributed by atoms with E-state index in [1.54, 1.807) is 11.8 Å². The molecular formula is C25H29N3O2S. The first-order chi connectivity index (χ1) is 15.2. The van der Waals surface area contributed by atoms with Crippen LogP contribution in [0.1, 0.15) is 62.5 Å². The minimum Gasteiger partial charge on any atom is -0.486 e. The van der Waals surface area contributed by atoms with Crippen LogP contribution in [-0.4, -0.2) is 25.8 Å². The second-order valence-corrected chi connectivity index (χ2v) is 9.13. The van der Waals surface area contributed by atoms with E-state index in [4.69, 9.17) is 4.74 Å². The number of hydrogen-bond donors (Lipinski definition) is 0. The van der Waals surface area contributed by atoms with E-state index in [-0.39, 0.29) is 11.3 Å². The summed E-state index contributed by atoms with van der Waals surface area (Å²) >= 11 is 1.55. The highest BCUT2D eigenvalue weighted by Crippen LogP contribution is 2.34. The third kappa shape index (κ3) is 5.18. The number of carbonyl (C=O) groups excluding carboxylic acids is 1. The zero-order chi connectivity index (χ0) is 21.6. The summed E-state index contributed by atoms with van der Waals surface area (Å²) in [5.74, 6) is 1.91. The number of nitrogens with zero attached hydrogens (tertiary/aromatic N) is 3. The van der Waals surface area contributed by atoms with Crippen molar-refractivity contribution in [3.63, 3.8) is 0 Å². The number of aromatic nitrogens is 3. The minimum absolute atomic E-state index is 0.0324. The average molecular weight is 436 g/mol. The highest BCUT2D eigenvalue weighted by atomic mass is 32.2. The number of benzene rings is 2. The van der Waals surface area contributed by atoms with Gasteiger partial charge in [-0.25, -0.2) is 0 Å². The van der Waals surface area contributed by atoms with Crippen LogP contribution in [0.15, 0.2) is 59.8 Å². The van der Waals surface area contributed by atoms with E-state index in [0.29, 0.717) is 18.8 Å². The predicted molar refractivity (Wildman–Crippen MR) is 124 cm³/mol. The molecule has 5 nitrogen and oxygen atoms in total. The molecule has 31 heavy (non-hydrogen) atoms. The molecule has 1 aliphatic rings. The number of hydrogen-bond acceptors (Lipinski definition) is 5. The Bertz CT molecular complexity index is 1000. The van der Waals surface area contributed by atoms with Crippen LogP contribution in [0.5, 0.6) is 5.75 Å². The highest BCUT2D eigenvalue weighted by molar-refractivity contribution is 8.00. The number of carbonyl (C=O) groups is 1. The summed E-state index contributed by atoms with van der Waals surface area (Å²) in [5, 5.41) is 9.69.